The van der Waals surface area contributed by atoms with Crippen LogP contribution in [-0.2, 0) is 13.0 Å². The number of hydrogen-bond acceptors (Lipinski definition) is 2. The highest BCUT2D eigenvalue weighted by atomic mass is 32.2. The maximum Gasteiger partial charge on any atom is 0.0345 e. The Balaban J connectivity index is 1.66. The maximum atomic E-state index is 6.21. The summed E-state index contributed by atoms with van der Waals surface area (Å²) >= 11 is 2.00. The highest BCUT2D eigenvalue weighted by Gasteiger charge is 2.22. The van der Waals surface area contributed by atoms with Crippen molar-refractivity contribution in [2.24, 2.45) is 11.7 Å². The molecule has 2 aromatic rings. The topological polar surface area (TPSA) is 30.9 Å². The van der Waals surface area contributed by atoms with Crippen LogP contribution in [0.15, 0.2) is 47.6 Å². The molecular formula is C17H22N2S. The summed E-state index contributed by atoms with van der Waals surface area (Å²) in [6.07, 6.45) is 5.56. The minimum atomic E-state index is 0.143. The van der Waals surface area contributed by atoms with Crippen molar-refractivity contribution >= 4 is 11.8 Å². The van der Waals surface area contributed by atoms with Gasteiger partial charge in [-0.1, -0.05) is 32.0 Å². The molecule has 2 nitrogen and oxygen atoms in total. The van der Waals surface area contributed by atoms with Crippen LogP contribution in [0, 0.1) is 5.92 Å². The molecule has 0 radical (unpaired) electrons. The fourth-order valence-electron chi connectivity index (χ4n) is 2.75. The summed E-state index contributed by atoms with van der Waals surface area (Å²) < 4.78 is 2.29. The molecule has 106 valence electrons. The number of thioether (sulfide) groups is 1. The number of hydrogen-bond donors (Lipinski definition) is 1. The molecule has 0 spiro atoms. The third kappa shape index (κ3) is 2.79. The SMILES string of the molecule is CC(C)C(N)c1ccn(CC2Cc3ccccc3S2)c1. The van der Waals surface area contributed by atoms with E-state index in [2.05, 4.69) is 61.1 Å². The van der Waals surface area contributed by atoms with E-state index in [0.29, 0.717) is 11.2 Å². The number of nitrogens with zero attached hydrogens (tertiary/aromatic N) is 1. The number of rotatable bonds is 4. The molecule has 3 rings (SSSR count). The first-order chi connectivity index (χ1) is 9.63. The van der Waals surface area contributed by atoms with Crippen molar-refractivity contribution in [1.29, 1.82) is 0 Å². The maximum absolute atomic E-state index is 6.21. The van der Waals surface area contributed by atoms with E-state index in [9.17, 15) is 0 Å². The molecule has 1 aromatic carbocycles. The van der Waals surface area contributed by atoms with Crippen LogP contribution in [0.25, 0.3) is 0 Å². The zero-order valence-electron chi connectivity index (χ0n) is 12.1. The summed E-state index contributed by atoms with van der Waals surface area (Å²) in [5.74, 6) is 0.482. The van der Waals surface area contributed by atoms with Gasteiger partial charge < -0.3 is 10.3 Å². The van der Waals surface area contributed by atoms with Crippen LogP contribution in [0.1, 0.15) is 31.0 Å². The molecule has 3 heteroatoms. The Hall–Kier alpha value is -1.19. The molecule has 20 heavy (non-hydrogen) atoms. The van der Waals surface area contributed by atoms with Gasteiger partial charge in [-0.2, -0.15) is 0 Å². The molecule has 0 aliphatic carbocycles. The Morgan fingerprint density at radius 3 is 2.85 bits per heavy atom. The lowest BCUT2D eigenvalue weighted by Gasteiger charge is -2.14. The van der Waals surface area contributed by atoms with Gasteiger partial charge in [0, 0.05) is 35.1 Å². The van der Waals surface area contributed by atoms with Crippen molar-refractivity contribution in [3.8, 4) is 0 Å². The second-order valence-corrected chi connectivity index (χ2v) is 7.31. The lowest BCUT2D eigenvalue weighted by atomic mass is 10.00. The Morgan fingerprint density at radius 1 is 1.30 bits per heavy atom. The van der Waals surface area contributed by atoms with Crippen LogP contribution in [0.4, 0.5) is 0 Å². The van der Waals surface area contributed by atoms with Gasteiger partial charge >= 0.3 is 0 Å². The first-order valence-corrected chi connectivity index (χ1v) is 8.17. The fraction of sp³-hybridized carbons (Fsp3) is 0.412. The average Bonchev–Trinajstić information content (AvgIpc) is 3.03. The zero-order chi connectivity index (χ0) is 14.1. The van der Waals surface area contributed by atoms with Crippen molar-refractivity contribution in [3.63, 3.8) is 0 Å². The van der Waals surface area contributed by atoms with Gasteiger partial charge in [-0.15, -0.1) is 11.8 Å². The Bertz CT molecular complexity index is 563. The van der Waals surface area contributed by atoms with Gasteiger partial charge in [-0.3, -0.25) is 0 Å². The molecule has 2 N–H and O–H groups in total. The van der Waals surface area contributed by atoms with E-state index in [0.717, 1.165) is 6.54 Å². The Labute approximate surface area is 125 Å². The van der Waals surface area contributed by atoms with Gasteiger partial charge in [0.15, 0.2) is 0 Å². The van der Waals surface area contributed by atoms with E-state index in [1.165, 1.54) is 22.4 Å². The Kier molecular flexibility index (Phi) is 3.90. The van der Waals surface area contributed by atoms with Gasteiger partial charge in [0.2, 0.25) is 0 Å². The molecule has 0 saturated carbocycles. The number of nitrogens with two attached hydrogens (primary N) is 1. The van der Waals surface area contributed by atoms with Crippen molar-refractivity contribution in [3.05, 3.63) is 53.9 Å². The summed E-state index contributed by atoms with van der Waals surface area (Å²) in [7, 11) is 0. The summed E-state index contributed by atoms with van der Waals surface area (Å²) in [6.45, 7) is 5.40. The summed E-state index contributed by atoms with van der Waals surface area (Å²) in [5, 5.41) is 0.642. The Morgan fingerprint density at radius 2 is 2.10 bits per heavy atom. The molecule has 2 atom stereocenters. The zero-order valence-corrected chi connectivity index (χ0v) is 12.9. The van der Waals surface area contributed by atoms with Gasteiger partial charge in [0.1, 0.15) is 0 Å². The van der Waals surface area contributed by atoms with Crippen molar-refractivity contribution in [1.82, 2.24) is 4.57 Å². The quantitative estimate of drug-likeness (QED) is 0.925. The lowest BCUT2D eigenvalue weighted by Crippen LogP contribution is -2.16. The predicted molar refractivity (Wildman–Crippen MR) is 86.0 cm³/mol. The average molecular weight is 286 g/mol. The van der Waals surface area contributed by atoms with E-state index in [4.69, 9.17) is 5.73 Å². The van der Waals surface area contributed by atoms with E-state index < -0.39 is 0 Å². The first-order valence-electron chi connectivity index (χ1n) is 7.29. The standard InChI is InChI=1S/C17H22N2S/c1-12(2)17(18)14-7-8-19(10-14)11-15-9-13-5-3-4-6-16(13)20-15/h3-8,10,12,15,17H,9,11,18H2,1-2H3. The summed E-state index contributed by atoms with van der Waals surface area (Å²) in [4.78, 5) is 1.45. The van der Waals surface area contributed by atoms with E-state index in [-0.39, 0.29) is 6.04 Å². The van der Waals surface area contributed by atoms with Crippen LogP contribution in [0.5, 0.6) is 0 Å². The third-order valence-corrected chi connectivity index (χ3v) is 5.31. The van der Waals surface area contributed by atoms with Gasteiger partial charge in [-0.05, 0) is 35.6 Å². The number of fused-ring (bicyclic) bond motifs is 1. The lowest BCUT2D eigenvalue weighted by molar-refractivity contribution is 0.513. The van der Waals surface area contributed by atoms with Crippen LogP contribution in [0.3, 0.4) is 0 Å². The van der Waals surface area contributed by atoms with Crippen molar-refractivity contribution in [2.45, 2.75) is 43.0 Å². The smallest absolute Gasteiger partial charge is 0.0345 e. The molecule has 1 aliphatic heterocycles. The molecule has 1 aliphatic rings. The second-order valence-electron chi connectivity index (χ2n) is 5.96. The number of aromatic nitrogens is 1. The predicted octanol–water partition coefficient (Wildman–Crippen LogP) is 3.86. The van der Waals surface area contributed by atoms with Crippen LogP contribution >= 0.6 is 11.8 Å². The molecule has 0 saturated heterocycles. The summed E-state index contributed by atoms with van der Waals surface area (Å²) in [5.41, 5.74) is 8.95. The molecule has 0 bridgehead atoms. The molecule has 2 unspecified atom stereocenters. The third-order valence-electron chi connectivity index (χ3n) is 4.00. The van der Waals surface area contributed by atoms with E-state index in [1.807, 2.05) is 11.8 Å². The largest absolute Gasteiger partial charge is 0.353 e. The van der Waals surface area contributed by atoms with Crippen molar-refractivity contribution < 1.29 is 0 Å². The highest BCUT2D eigenvalue weighted by molar-refractivity contribution is 8.00. The molecular weight excluding hydrogens is 264 g/mol. The van der Waals surface area contributed by atoms with E-state index >= 15 is 0 Å². The molecule has 2 heterocycles. The molecule has 0 fully saturated rings. The molecule has 1 aromatic heterocycles. The number of benzene rings is 1. The van der Waals surface area contributed by atoms with Crippen LogP contribution < -0.4 is 5.73 Å². The van der Waals surface area contributed by atoms with Gasteiger partial charge in [0.05, 0.1) is 0 Å². The molecule has 0 amide bonds. The van der Waals surface area contributed by atoms with E-state index in [1.54, 1.807) is 0 Å². The van der Waals surface area contributed by atoms with Crippen LogP contribution in [-0.4, -0.2) is 9.82 Å². The first kappa shape index (κ1) is 13.8. The minimum absolute atomic E-state index is 0.143. The monoisotopic (exact) mass is 286 g/mol. The van der Waals surface area contributed by atoms with Gasteiger partial charge in [-0.25, -0.2) is 0 Å². The van der Waals surface area contributed by atoms with Crippen LogP contribution in [0.2, 0.25) is 0 Å². The van der Waals surface area contributed by atoms with Crippen molar-refractivity contribution in [2.75, 3.05) is 0 Å². The summed E-state index contributed by atoms with van der Waals surface area (Å²) in [6, 6.07) is 11.1. The normalized spacial score (nSPS) is 19.3. The highest BCUT2D eigenvalue weighted by Crippen LogP contribution is 2.37. The fourth-order valence-corrected chi connectivity index (χ4v) is 4.07. The van der Waals surface area contributed by atoms with Gasteiger partial charge in [0.25, 0.3) is 0 Å². The minimum Gasteiger partial charge on any atom is -0.353 e. The second kappa shape index (κ2) is 5.66.